The maximum atomic E-state index is 12.5. The van der Waals surface area contributed by atoms with Gasteiger partial charge in [-0.2, -0.15) is 0 Å². The third-order valence-corrected chi connectivity index (χ3v) is 9.32. The molecule has 2 amide bonds. The van der Waals surface area contributed by atoms with Gasteiger partial charge in [-0.05, 0) is 102 Å². The molecule has 0 N–H and O–H groups in total. The van der Waals surface area contributed by atoms with Crippen LogP contribution >= 0.6 is 0 Å². The van der Waals surface area contributed by atoms with Gasteiger partial charge in [-0.25, -0.2) is 0 Å². The molecule has 4 saturated heterocycles. The second kappa shape index (κ2) is 13.8. The molecule has 5 heterocycles. The molecule has 8 heteroatoms. The van der Waals surface area contributed by atoms with Crippen LogP contribution in [0, 0.1) is 0 Å². The predicted molar refractivity (Wildman–Crippen MR) is 152 cm³/mol. The zero-order chi connectivity index (χ0) is 27.0. The van der Waals surface area contributed by atoms with Gasteiger partial charge in [0.2, 0.25) is 18.6 Å². The van der Waals surface area contributed by atoms with Crippen molar-refractivity contribution in [3.63, 3.8) is 0 Å². The van der Waals surface area contributed by atoms with Crippen molar-refractivity contribution in [1.29, 1.82) is 0 Å². The molecule has 4 fully saturated rings. The first-order valence-corrected chi connectivity index (χ1v) is 15.5. The van der Waals surface area contributed by atoms with E-state index in [4.69, 9.17) is 9.47 Å². The summed E-state index contributed by atoms with van der Waals surface area (Å²) < 4.78 is 10.7. The van der Waals surface area contributed by atoms with Gasteiger partial charge in [0.15, 0.2) is 11.5 Å². The first-order chi connectivity index (χ1) is 19.1. The topological polar surface area (TPSA) is 65.6 Å². The minimum absolute atomic E-state index is 0.285. The van der Waals surface area contributed by atoms with Gasteiger partial charge in [0.1, 0.15) is 0 Å². The van der Waals surface area contributed by atoms with Gasteiger partial charge in [-0.15, -0.1) is 0 Å². The number of carbonyl (C=O) groups is 2. The number of aryl methyl sites for hydroxylation is 1. The molecule has 0 bridgehead atoms. The number of hydrogen-bond acceptors (Lipinski definition) is 6. The third kappa shape index (κ3) is 7.46. The minimum Gasteiger partial charge on any atom is -0.454 e. The lowest BCUT2D eigenvalue weighted by atomic mass is 10.0. The largest absolute Gasteiger partial charge is 0.454 e. The molecule has 0 aromatic heterocycles. The fourth-order valence-electron chi connectivity index (χ4n) is 6.90. The molecule has 0 saturated carbocycles. The van der Waals surface area contributed by atoms with Gasteiger partial charge in [0.05, 0.1) is 0 Å². The van der Waals surface area contributed by atoms with E-state index in [0.29, 0.717) is 31.6 Å². The monoisotopic (exact) mass is 540 g/mol. The Bertz CT molecular complexity index is 944. The summed E-state index contributed by atoms with van der Waals surface area (Å²) in [6, 6.07) is 7.41. The summed E-state index contributed by atoms with van der Waals surface area (Å²) in [7, 11) is 0. The molecule has 0 radical (unpaired) electrons. The predicted octanol–water partition coefficient (Wildman–Crippen LogP) is 3.92. The maximum Gasteiger partial charge on any atom is 0.231 e. The van der Waals surface area contributed by atoms with E-state index in [1.807, 2.05) is 30.0 Å². The lowest BCUT2D eigenvalue weighted by Gasteiger charge is -2.36. The Balaban J connectivity index is 0.000000177. The summed E-state index contributed by atoms with van der Waals surface area (Å²) in [6.45, 7) is 11.1. The fourth-order valence-corrected chi connectivity index (χ4v) is 6.90. The molecular formula is C31H48N4O4. The SMILES string of the molecule is CCC(=O)N1CCC(N2CCCC2)CC1.O=C(CCc1ccc2c(c1)OCO2)N1CCC(N2CCCC2)CC1. The van der Waals surface area contributed by atoms with Crippen LogP contribution < -0.4 is 9.47 Å². The zero-order valence-corrected chi connectivity index (χ0v) is 24.0. The number of nitrogens with zero attached hydrogens (tertiary/aromatic N) is 4. The second-order valence-corrected chi connectivity index (χ2v) is 11.8. The Morgan fingerprint density at radius 3 is 1.77 bits per heavy atom. The third-order valence-electron chi connectivity index (χ3n) is 9.32. The molecule has 0 spiro atoms. The normalized spacial score (nSPS) is 22.7. The van der Waals surface area contributed by atoms with Gasteiger partial charge < -0.3 is 29.1 Å². The second-order valence-electron chi connectivity index (χ2n) is 11.8. The number of hydrogen-bond donors (Lipinski definition) is 0. The van der Waals surface area contributed by atoms with E-state index in [9.17, 15) is 9.59 Å². The molecule has 5 aliphatic heterocycles. The van der Waals surface area contributed by atoms with Crippen molar-refractivity contribution in [2.24, 2.45) is 0 Å². The van der Waals surface area contributed by atoms with Gasteiger partial charge in [-0.1, -0.05) is 13.0 Å². The van der Waals surface area contributed by atoms with E-state index in [0.717, 1.165) is 68.5 Å². The van der Waals surface area contributed by atoms with Crippen molar-refractivity contribution in [1.82, 2.24) is 19.6 Å². The van der Waals surface area contributed by atoms with Crippen molar-refractivity contribution >= 4 is 11.8 Å². The Kier molecular flexibility index (Phi) is 10.0. The Hall–Kier alpha value is -2.32. The molecule has 1 aromatic carbocycles. The first kappa shape index (κ1) is 28.2. The van der Waals surface area contributed by atoms with Gasteiger partial charge >= 0.3 is 0 Å². The smallest absolute Gasteiger partial charge is 0.231 e. The number of ether oxygens (including phenoxy) is 2. The van der Waals surface area contributed by atoms with Crippen LogP contribution in [0.2, 0.25) is 0 Å². The Labute approximate surface area is 234 Å². The molecule has 0 atom stereocenters. The molecule has 216 valence electrons. The van der Waals surface area contributed by atoms with Crippen molar-refractivity contribution in [2.75, 3.05) is 59.2 Å². The van der Waals surface area contributed by atoms with Crippen molar-refractivity contribution < 1.29 is 19.1 Å². The quantitative estimate of drug-likeness (QED) is 0.545. The molecule has 1 aromatic rings. The average Bonchev–Trinajstić information content (AvgIpc) is 3.79. The number of piperidine rings is 2. The Morgan fingerprint density at radius 1 is 0.718 bits per heavy atom. The summed E-state index contributed by atoms with van der Waals surface area (Å²) in [6.07, 6.45) is 12.1. The lowest BCUT2D eigenvalue weighted by molar-refractivity contribution is -0.133. The number of likely N-dealkylation sites (tertiary alicyclic amines) is 4. The standard InChI is InChI=1S/C19H26N2O3.C12H22N2O/c22-19(6-4-15-3-5-17-18(13-15)24-14-23-17)21-11-7-16(8-12-21)20-9-1-2-10-20;1-2-12(15)14-9-5-11(6-10-14)13-7-3-4-8-13/h3,5,13,16H,1-2,4,6-12,14H2;11H,2-10H2,1H3. The number of carbonyl (C=O) groups excluding carboxylic acids is 2. The highest BCUT2D eigenvalue weighted by molar-refractivity contribution is 5.76. The van der Waals surface area contributed by atoms with Crippen LogP contribution in [0.5, 0.6) is 11.5 Å². The molecule has 5 aliphatic rings. The van der Waals surface area contributed by atoms with Crippen LogP contribution in [0.25, 0.3) is 0 Å². The summed E-state index contributed by atoms with van der Waals surface area (Å²) in [5.74, 6) is 2.21. The van der Waals surface area contributed by atoms with Crippen LogP contribution in [0.4, 0.5) is 0 Å². The van der Waals surface area contributed by atoms with E-state index in [2.05, 4.69) is 14.7 Å². The highest BCUT2D eigenvalue weighted by atomic mass is 16.7. The first-order valence-electron chi connectivity index (χ1n) is 15.5. The van der Waals surface area contributed by atoms with E-state index in [1.165, 1.54) is 64.7 Å². The molecular weight excluding hydrogens is 492 g/mol. The Morgan fingerprint density at radius 2 is 1.23 bits per heavy atom. The van der Waals surface area contributed by atoms with Crippen LogP contribution in [-0.2, 0) is 16.0 Å². The van der Waals surface area contributed by atoms with Crippen LogP contribution in [0.3, 0.4) is 0 Å². The van der Waals surface area contributed by atoms with Crippen LogP contribution in [0.15, 0.2) is 18.2 Å². The number of amides is 2. The molecule has 8 nitrogen and oxygen atoms in total. The molecule has 6 rings (SSSR count). The van der Waals surface area contributed by atoms with Crippen molar-refractivity contribution in [2.45, 2.75) is 89.6 Å². The highest BCUT2D eigenvalue weighted by Gasteiger charge is 2.29. The van der Waals surface area contributed by atoms with E-state index >= 15 is 0 Å². The van der Waals surface area contributed by atoms with E-state index in [-0.39, 0.29) is 5.91 Å². The average molecular weight is 541 g/mol. The van der Waals surface area contributed by atoms with E-state index in [1.54, 1.807) is 0 Å². The van der Waals surface area contributed by atoms with Crippen LogP contribution in [-0.4, -0.2) is 103 Å². The molecule has 39 heavy (non-hydrogen) atoms. The molecule has 0 aliphatic carbocycles. The highest BCUT2D eigenvalue weighted by Crippen LogP contribution is 2.33. The summed E-state index contributed by atoms with van der Waals surface area (Å²) in [5, 5.41) is 0. The van der Waals surface area contributed by atoms with Gasteiger partial charge in [0.25, 0.3) is 0 Å². The number of fused-ring (bicyclic) bond motifs is 1. The lowest BCUT2D eigenvalue weighted by Crippen LogP contribution is -2.45. The van der Waals surface area contributed by atoms with Gasteiger partial charge in [0, 0.05) is 51.1 Å². The summed E-state index contributed by atoms with van der Waals surface area (Å²) in [4.78, 5) is 33.3. The number of rotatable bonds is 6. The van der Waals surface area contributed by atoms with Gasteiger partial charge in [-0.3, -0.25) is 9.59 Å². The van der Waals surface area contributed by atoms with Crippen LogP contribution in [0.1, 0.15) is 76.7 Å². The zero-order valence-electron chi connectivity index (χ0n) is 24.0. The summed E-state index contributed by atoms with van der Waals surface area (Å²) in [5.41, 5.74) is 1.14. The van der Waals surface area contributed by atoms with E-state index < -0.39 is 0 Å². The minimum atomic E-state index is 0.285. The number of benzene rings is 1. The van der Waals surface area contributed by atoms with Crippen molar-refractivity contribution in [3.8, 4) is 11.5 Å². The van der Waals surface area contributed by atoms with Crippen molar-refractivity contribution in [3.05, 3.63) is 23.8 Å². The fraction of sp³-hybridized carbons (Fsp3) is 0.742. The molecule has 0 unspecified atom stereocenters. The maximum absolute atomic E-state index is 12.5. The summed E-state index contributed by atoms with van der Waals surface area (Å²) >= 11 is 0.